The normalized spacial score (nSPS) is 17.6. The first-order chi connectivity index (χ1) is 13.7. The van der Waals surface area contributed by atoms with Gasteiger partial charge in [0.15, 0.2) is 0 Å². The molecule has 1 atom stereocenters. The van der Waals surface area contributed by atoms with Crippen molar-refractivity contribution in [1.82, 2.24) is 4.68 Å². The summed E-state index contributed by atoms with van der Waals surface area (Å²) >= 11 is 1.44. The van der Waals surface area contributed by atoms with Crippen LogP contribution in [0.25, 0.3) is 11.3 Å². The summed E-state index contributed by atoms with van der Waals surface area (Å²) in [5.74, 6) is -0.646. The molecule has 0 amide bonds. The Balaban J connectivity index is 1.73. The molecule has 2 aromatic carbocycles. The molecule has 1 fully saturated rings. The Morgan fingerprint density at radius 2 is 1.96 bits per heavy atom. The van der Waals surface area contributed by atoms with Gasteiger partial charge in [-0.15, -0.1) is 11.3 Å². The maximum atomic E-state index is 14.0. The number of hydrogen-bond donors (Lipinski definition) is 0. The van der Waals surface area contributed by atoms with Crippen LogP contribution in [0.3, 0.4) is 0 Å². The Kier molecular flexibility index (Phi) is 5.73. The lowest BCUT2D eigenvalue weighted by Crippen LogP contribution is -2.17. The van der Waals surface area contributed by atoms with Crippen molar-refractivity contribution in [3.63, 3.8) is 0 Å². The molecular formula is C21H19F2N3OS. The monoisotopic (exact) mass is 399 g/mol. The highest BCUT2D eigenvalue weighted by Crippen LogP contribution is 2.21. The zero-order valence-electron chi connectivity index (χ0n) is 15.1. The van der Waals surface area contributed by atoms with E-state index in [4.69, 9.17) is 4.74 Å². The summed E-state index contributed by atoms with van der Waals surface area (Å²) in [6, 6.07) is 12.6. The zero-order valence-corrected chi connectivity index (χ0v) is 15.9. The number of benzene rings is 2. The van der Waals surface area contributed by atoms with E-state index in [0.29, 0.717) is 16.9 Å². The van der Waals surface area contributed by atoms with Gasteiger partial charge in [0.05, 0.1) is 24.6 Å². The van der Waals surface area contributed by atoms with Crippen LogP contribution in [0, 0.1) is 11.6 Å². The van der Waals surface area contributed by atoms with E-state index in [-0.39, 0.29) is 17.7 Å². The summed E-state index contributed by atoms with van der Waals surface area (Å²) in [4.78, 5) is 5.34. The van der Waals surface area contributed by atoms with Gasteiger partial charge in [-0.05, 0) is 43.2 Å². The Labute approximate surface area is 165 Å². The second-order valence-corrected chi connectivity index (χ2v) is 7.30. The van der Waals surface area contributed by atoms with Gasteiger partial charge in [0.2, 0.25) is 4.80 Å². The first kappa shape index (κ1) is 18.7. The summed E-state index contributed by atoms with van der Waals surface area (Å²) in [5.41, 5.74) is 1.96. The number of thiazole rings is 1. The second-order valence-electron chi connectivity index (χ2n) is 6.46. The number of halogens is 2. The smallest absolute Gasteiger partial charge is 0.206 e. The molecule has 0 radical (unpaired) electrons. The minimum atomic E-state index is -0.344. The van der Waals surface area contributed by atoms with Crippen molar-refractivity contribution in [1.29, 1.82) is 0 Å². The molecule has 28 heavy (non-hydrogen) atoms. The van der Waals surface area contributed by atoms with Crippen LogP contribution in [0.5, 0.6) is 0 Å². The molecule has 144 valence electrons. The molecule has 1 saturated heterocycles. The SMILES string of the molecule is Fc1ccc(-c2csc(=NCC3CCCO3)n2N=Cc2ccccc2F)cc1. The number of rotatable bonds is 5. The third kappa shape index (κ3) is 4.26. The average molecular weight is 399 g/mol. The average Bonchev–Trinajstić information content (AvgIpc) is 3.36. The molecule has 0 spiro atoms. The molecule has 1 unspecified atom stereocenters. The minimum absolute atomic E-state index is 0.125. The van der Waals surface area contributed by atoms with E-state index in [2.05, 4.69) is 10.1 Å². The van der Waals surface area contributed by atoms with Crippen molar-refractivity contribution in [3.05, 3.63) is 75.9 Å². The van der Waals surface area contributed by atoms with Gasteiger partial charge in [-0.25, -0.2) is 13.5 Å². The molecule has 0 bridgehead atoms. The van der Waals surface area contributed by atoms with Crippen LogP contribution in [0.4, 0.5) is 8.78 Å². The van der Waals surface area contributed by atoms with Gasteiger partial charge in [0.25, 0.3) is 0 Å². The minimum Gasteiger partial charge on any atom is -0.376 e. The standard InChI is InChI=1S/C21H19F2N3OS/c22-17-9-7-15(8-10-17)20-14-28-21(24-13-18-5-3-11-27-18)26(20)25-12-16-4-1-2-6-19(16)23/h1-2,4,6-10,12,14,18H,3,5,11,13H2. The number of nitrogens with zero attached hydrogens (tertiary/aromatic N) is 3. The molecule has 4 nitrogen and oxygen atoms in total. The van der Waals surface area contributed by atoms with Gasteiger partial charge in [-0.3, -0.25) is 4.99 Å². The molecule has 7 heteroatoms. The maximum absolute atomic E-state index is 14.0. The van der Waals surface area contributed by atoms with E-state index in [1.54, 1.807) is 35.0 Å². The van der Waals surface area contributed by atoms with Gasteiger partial charge >= 0.3 is 0 Å². The molecule has 1 aliphatic rings. The zero-order chi connectivity index (χ0) is 19.3. The van der Waals surface area contributed by atoms with Crippen molar-refractivity contribution >= 4 is 17.6 Å². The van der Waals surface area contributed by atoms with Crippen LogP contribution < -0.4 is 4.80 Å². The Bertz CT molecular complexity index is 1030. The van der Waals surface area contributed by atoms with Crippen LogP contribution in [0.2, 0.25) is 0 Å². The fourth-order valence-corrected chi connectivity index (χ4v) is 3.85. The molecule has 4 rings (SSSR count). The van der Waals surface area contributed by atoms with E-state index in [0.717, 1.165) is 30.7 Å². The summed E-state index contributed by atoms with van der Waals surface area (Å²) < 4.78 is 34.6. The predicted octanol–water partition coefficient (Wildman–Crippen LogP) is 4.46. The lowest BCUT2D eigenvalue weighted by atomic mass is 10.2. The van der Waals surface area contributed by atoms with Gasteiger partial charge in [0, 0.05) is 23.1 Å². The van der Waals surface area contributed by atoms with Crippen molar-refractivity contribution in [2.24, 2.45) is 10.1 Å². The summed E-state index contributed by atoms with van der Waals surface area (Å²) in [6.45, 7) is 1.33. The number of ether oxygens (including phenoxy) is 1. The van der Waals surface area contributed by atoms with E-state index < -0.39 is 0 Å². The van der Waals surface area contributed by atoms with Gasteiger partial charge in [-0.1, -0.05) is 18.2 Å². The molecule has 2 heterocycles. The van der Waals surface area contributed by atoms with Gasteiger partial charge < -0.3 is 4.74 Å². The highest BCUT2D eigenvalue weighted by Gasteiger charge is 2.15. The van der Waals surface area contributed by atoms with Crippen molar-refractivity contribution in [2.75, 3.05) is 13.2 Å². The van der Waals surface area contributed by atoms with Crippen LogP contribution in [0.1, 0.15) is 18.4 Å². The number of aromatic nitrogens is 1. The fourth-order valence-electron chi connectivity index (χ4n) is 3.01. The molecule has 0 N–H and O–H groups in total. The molecule has 0 aliphatic carbocycles. The molecule has 1 aliphatic heterocycles. The first-order valence-electron chi connectivity index (χ1n) is 9.08. The lowest BCUT2D eigenvalue weighted by molar-refractivity contribution is 0.117. The van der Waals surface area contributed by atoms with Crippen molar-refractivity contribution in [3.8, 4) is 11.3 Å². The van der Waals surface area contributed by atoms with Gasteiger partial charge in [-0.2, -0.15) is 5.10 Å². The van der Waals surface area contributed by atoms with E-state index in [9.17, 15) is 8.78 Å². The topological polar surface area (TPSA) is 38.9 Å². The molecule has 0 saturated carbocycles. The number of hydrogen-bond acceptors (Lipinski definition) is 4. The van der Waals surface area contributed by atoms with E-state index >= 15 is 0 Å². The summed E-state index contributed by atoms with van der Waals surface area (Å²) in [6.07, 6.45) is 3.65. The van der Waals surface area contributed by atoms with Crippen LogP contribution in [-0.4, -0.2) is 30.1 Å². The summed E-state index contributed by atoms with van der Waals surface area (Å²) in [7, 11) is 0. The Hall–Kier alpha value is -2.64. The van der Waals surface area contributed by atoms with Crippen LogP contribution in [0.15, 0.2) is 64.0 Å². The Morgan fingerprint density at radius 1 is 1.14 bits per heavy atom. The summed E-state index contributed by atoms with van der Waals surface area (Å²) in [5, 5.41) is 6.39. The van der Waals surface area contributed by atoms with Gasteiger partial charge in [0.1, 0.15) is 11.6 Å². The maximum Gasteiger partial charge on any atom is 0.206 e. The van der Waals surface area contributed by atoms with Crippen LogP contribution >= 0.6 is 11.3 Å². The molecule has 1 aromatic heterocycles. The third-order valence-electron chi connectivity index (χ3n) is 4.50. The second kappa shape index (κ2) is 8.58. The van der Waals surface area contributed by atoms with E-state index in [1.165, 1.54) is 35.8 Å². The highest BCUT2D eigenvalue weighted by molar-refractivity contribution is 7.07. The first-order valence-corrected chi connectivity index (χ1v) is 9.96. The fraction of sp³-hybridized carbons (Fsp3) is 0.238. The van der Waals surface area contributed by atoms with E-state index in [1.807, 2.05) is 5.38 Å². The third-order valence-corrected chi connectivity index (χ3v) is 5.35. The van der Waals surface area contributed by atoms with Crippen LogP contribution in [-0.2, 0) is 4.74 Å². The van der Waals surface area contributed by atoms with Crippen molar-refractivity contribution in [2.45, 2.75) is 18.9 Å². The predicted molar refractivity (Wildman–Crippen MR) is 106 cm³/mol. The quantitative estimate of drug-likeness (QED) is 0.584. The highest BCUT2D eigenvalue weighted by atomic mass is 32.1. The molecular weight excluding hydrogens is 380 g/mol. The largest absolute Gasteiger partial charge is 0.376 e. The van der Waals surface area contributed by atoms with Crippen molar-refractivity contribution < 1.29 is 13.5 Å². The molecule has 3 aromatic rings. The lowest BCUT2D eigenvalue weighted by Gasteiger charge is -2.06. The Morgan fingerprint density at radius 3 is 2.71 bits per heavy atom.